The van der Waals surface area contributed by atoms with Crippen molar-refractivity contribution in [2.75, 3.05) is 6.61 Å². The fourth-order valence-corrected chi connectivity index (χ4v) is 2.42. The molecule has 0 aliphatic rings. The topological polar surface area (TPSA) is 51.5 Å². The second kappa shape index (κ2) is 6.81. The summed E-state index contributed by atoms with van der Waals surface area (Å²) >= 11 is 9.15. The molecule has 1 heterocycles. The summed E-state index contributed by atoms with van der Waals surface area (Å²) in [6.07, 6.45) is 1.57. The first-order chi connectivity index (χ1) is 9.56. The second-order valence-corrected chi connectivity index (χ2v) is 5.46. The zero-order valence-corrected chi connectivity index (χ0v) is 13.1. The van der Waals surface area contributed by atoms with E-state index in [4.69, 9.17) is 20.8 Å². The van der Waals surface area contributed by atoms with Gasteiger partial charge in [0.25, 0.3) is 5.91 Å². The Labute approximate surface area is 130 Å². The summed E-state index contributed by atoms with van der Waals surface area (Å²) in [5.41, 5.74) is 0. The van der Waals surface area contributed by atoms with Gasteiger partial charge in [-0.2, -0.15) is 0 Å². The van der Waals surface area contributed by atoms with Crippen LogP contribution in [0.25, 0.3) is 0 Å². The van der Waals surface area contributed by atoms with E-state index in [1.54, 1.807) is 30.5 Å². The van der Waals surface area contributed by atoms with Gasteiger partial charge < -0.3 is 14.5 Å². The van der Waals surface area contributed by atoms with Crippen molar-refractivity contribution in [2.24, 2.45) is 0 Å². The molecule has 1 atom stereocenters. The summed E-state index contributed by atoms with van der Waals surface area (Å²) in [6.45, 7) is 1.76. The summed E-state index contributed by atoms with van der Waals surface area (Å²) in [4.78, 5) is 11.8. The van der Waals surface area contributed by atoms with E-state index in [-0.39, 0.29) is 18.6 Å². The van der Waals surface area contributed by atoms with Crippen LogP contribution in [0.1, 0.15) is 18.7 Å². The monoisotopic (exact) mass is 357 g/mol. The Bertz CT molecular complexity index is 586. The Morgan fingerprint density at radius 1 is 1.50 bits per heavy atom. The smallest absolute Gasteiger partial charge is 0.258 e. The molecule has 106 valence electrons. The van der Waals surface area contributed by atoms with Crippen LogP contribution in [-0.4, -0.2) is 12.5 Å². The van der Waals surface area contributed by atoms with Gasteiger partial charge in [-0.05, 0) is 53.2 Å². The minimum Gasteiger partial charge on any atom is -0.483 e. The molecule has 1 aromatic carbocycles. The normalized spacial score (nSPS) is 11.9. The van der Waals surface area contributed by atoms with E-state index >= 15 is 0 Å². The van der Waals surface area contributed by atoms with Crippen LogP contribution >= 0.6 is 27.5 Å². The molecule has 0 unspecified atom stereocenters. The van der Waals surface area contributed by atoms with Crippen molar-refractivity contribution in [2.45, 2.75) is 13.0 Å². The first-order valence-electron chi connectivity index (χ1n) is 5.97. The number of benzene rings is 1. The Morgan fingerprint density at radius 3 is 2.95 bits per heavy atom. The van der Waals surface area contributed by atoms with Crippen molar-refractivity contribution in [1.82, 2.24) is 5.32 Å². The number of ether oxygens (including phenoxy) is 1. The molecule has 0 aliphatic heterocycles. The van der Waals surface area contributed by atoms with Crippen LogP contribution < -0.4 is 10.1 Å². The molecule has 6 heteroatoms. The maximum absolute atomic E-state index is 11.8. The van der Waals surface area contributed by atoms with E-state index in [0.29, 0.717) is 21.0 Å². The van der Waals surface area contributed by atoms with Crippen LogP contribution in [0.15, 0.2) is 45.5 Å². The van der Waals surface area contributed by atoms with E-state index in [9.17, 15) is 4.79 Å². The molecule has 0 bridgehead atoms. The predicted molar refractivity (Wildman–Crippen MR) is 79.9 cm³/mol. The molecule has 0 spiro atoms. The van der Waals surface area contributed by atoms with Gasteiger partial charge in [0.05, 0.1) is 16.8 Å². The maximum atomic E-state index is 11.8. The average Bonchev–Trinajstić information content (AvgIpc) is 2.91. The first-order valence-corrected chi connectivity index (χ1v) is 7.14. The lowest BCUT2D eigenvalue weighted by Gasteiger charge is -2.12. The molecule has 2 rings (SSSR count). The third kappa shape index (κ3) is 4.02. The summed E-state index contributed by atoms with van der Waals surface area (Å²) in [7, 11) is 0. The molecule has 0 fully saturated rings. The Kier molecular flexibility index (Phi) is 5.09. The molecular weight excluding hydrogens is 346 g/mol. The summed E-state index contributed by atoms with van der Waals surface area (Å²) in [5.74, 6) is 1.04. The number of amides is 1. The molecule has 0 aliphatic carbocycles. The summed E-state index contributed by atoms with van der Waals surface area (Å²) < 4.78 is 11.3. The minimum atomic E-state index is -0.226. The van der Waals surface area contributed by atoms with Crippen molar-refractivity contribution >= 4 is 33.4 Å². The van der Waals surface area contributed by atoms with Crippen LogP contribution in [0.5, 0.6) is 5.75 Å². The number of carbonyl (C=O) groups is 1. The molecule has 1 amide bonds. The zero-order chi connectivity index (χ0) is 14.5. The summed E-state index contributed by atoms with van der Waals surface area (Å²) in [6, 6.07) is 8.50. The van der Waals surface area contributed by atoms with Gasteiger partial charge in [0.1, 0.15) is 11.5 Å². The van der Waals surface area contributed by atoms with E-state index < -0.39 is 0 Å². The quantitative estimate of drug-likeness (QED) is 0.880. The van der Waals surface area contributed by atoms with Crippen LogP contribution in [0.2, 0.25) is 5.02 Å². The number of halogens is 2. The molecule has 0 saturated heterocycles. The van der Waals surface area contributed by atoms with Crippen molar-refractivity contribution in [1.29, 1.82) is 0 Å². The van der Waals surface area contributed by atoms with Gasteiger partial charge in [0, 0.05) is 5.02 Å². The van der Waals surface area contributed by atoms with Gasteiger partial charge in [0.2, 0.25) is 0 Å². The molecule has 2 aromatic rings. The first kappa shape index (κ1) is 14.9. The van der Waals surface area contributed by atoms with Gasteiger partial charge in [-0.1, -0.05) is 11.6 Å². The lowest BCUT2D eigenvalue weighted by Crippen LogP contribution is -2.31. The third-order valence-electron chi connectivity index (χ3n) is 2.60. The largest absolute Gasteiger partial charge is 0.483 e. The van der Waals surface area contributed by atoms with Gasteiger partial charge in [-0.25, -0.2) is 0 Å². The lowest BCUT2D eigenvalue weighted by molar-refractivity contribution is -0.123. The van der Waals surface area contributed by atoms with Crippen LogP contribution in [0.4, 0.5) is 0 Å². The highest BCUT2D eigenvalue weighted by Gasteiger charge is 2.12. The number of hydrogen-bond acceptors (Lipinski definition) is 3. The van der Waals surface area contributed by atoms with E-state index in [1.165, 1.54) is 0 Å². The predicted octanol–water partition coefficient (Wildman–Crippen LogP) is 3.95. The van der Waals surface area contributed by atoms with Crippen molar-refractivity contribution < 1.29 is 13.9 Å². The van der Waals surface area contributed by atoms with E-state index in [2.05, 4.69) is 21.2 Å². The highest BCUT2D eigenvalue weighted by Crippen LogP contribution is 2.27. The van der Waals surface area contributed by atoms with Gasteiger partial charge in [0.15, 0.2) is 6.61 Å². The lowest BCUT2D eigenvalue weighted by atomic mass is 10.2. The summed E-state index contributed by atoms with van der Waals surface area (Å²) in [5, 5.41) is 3.38. The van der Waals surface area contributed by atoms with E-state index in [1.807, 2.05) is 13.0 Å². The SMILES string of the molecule is C[C@H](NC(=O)COc1ccc(Cl)cc1Br)c1ccco1. The number of rotatable bonds is 5. The van der Waals surface area contributed by atoms with Gasteiger partial charge in [-0.3, -0.25) is 4.79 Å². The average molecular weight is 359 g/mol. The highest BCUT2D eigenvalue weighted by molar-refractivity contribution is 9.10. The second-order valence-electron chi connectivity index (χ2n) is 4.17. The van der Waals surface area contributed by atoms with Crippen LogP contribution in [0, 0.1) is 0 Å². The van der Waals surface area contributed by atoms with Crippen LogP contribution in [0.3, 0.4) is 0 Å². The molecule has 4 nitrogen and oxygen atoms in total. The fourth-order valence-electron chi connectivity index (χ4n) is 1.63. The number of furan rings is 1. The molecule has 0 radical (unpaired) electrons. The van der Waals surface area contributed by atoms with Crippen LogP contribution in [-0.2, 0) is 4.79 Å². The highest BCUT2D eigenvalue weighted by atomic mass is 79.9. The van der Waals surface area contributed by atoms with Gasteiger partial charge >= 0.3 is 0 Å². The van der Waals surface area contributed by atoms with Crippen molar-refractivity contribution in [3.8, 4) is 5.75 Å². The van der Waals surface area contributed by atoms with Crippen molar-refractivity contribution in [3.63, 3.8) is 0 Å². The zero-order valence-electron chi connectivity index (χ0n) is 10.7. The van der Waals surface area contributed by atoms with Crippen molar-refractivity contribution in [3.05, 3.63) is 51.9 Å². The third-order valence-corrected chi connectivity index (χ3v) is 3.45. The fraction of sp³-hybridized carbons (Fsp3) is 0.214. The number of nitrogens with one attached hydrogen (secondary N) is 1. The Balaban J connectivity index is 1.86. The van der Waals surface area contributed by atoms with E-state index in [0.717, 1.165) is 0 Å². The molecule has 0 saturated carbocycles. The molecule has 1 aromatic heterocycles. The maximum Gasteiger partial charge on any atom is 0.258 e. The number of carbonyl (C=O) groups excluding carboxylic acids is 1. The van der Waals surface area contributed by atoms with Gasteiger partial charge in [-0.15, -0.1) is 0 Å². The molecular formula is C14H13BrClNO3. The minimum absolute atomic E-state index is 0.0781. The molecule has 20 heavy (non-hydrogen) atoms. The Hall–Kier alpha value is -1.46. The standard InChI is InChI=1S/C14H13BrClNO3/c1-9(12-3-2-6-19-12)17-14(18)8-20-13-5-4-10(16)7-11(13)15/h2-7,9H,8H2,1H3,(H,17,18)/t9-/m0/s1. The number of hydrogen-bond donors (Lipinski definition) is 1. The molecule has 1 N–H and O–H groups in total. The Morgan fingerprint density at radius 2 is 2.30 bits per heavy atom.